The third kappa shape index (κ3) is 3.09. The molecular weight excluding hydrogens is 292 g/mol. The molecule has 0 saturated carbocycles. The number of rotatable bonds is 3. The van der Waals surface area contributed by atoms with E-state index in [4.69, 9.17) is 4.74 Å². The first-order chi connectivity index (χ1) is 10.6. The molecule has 2 rings (SSSR count). The van der Waals surface area contributed by atoms with Gasteiger partial charge in [0, 0.05) is 36.8 Å². The molecule has 124 valence electrons. The number of para-hydroxylation sites is 1. The minimum Gasteiger partial charge on any atom is -0.444 e. The third-order valence-electron chi connectivity index (χ3n) is 4.04. The van der Waals surface area contributed by atoms with Gasteiger partial charge in [-0.3, -0.25) is 4.90 Å². The van der Waals surface area contributed by atoms with Gasteiger partial charge in [0.15, 0.2) is 0 Å². The number of hydrogen-bond acceptors (Lipinski definition) is 3. The van der Waals surface area contributed by atoms with Crippen LogP contribution in [0.2, 0.25) is 0 Å². The number of aryl methyl sites for hydroxylation is 1. The van der Waals surface area contributed by atoms with Gasteiger partial charge in [0.05, 0.1) is 0 Å². The summed E-state index contributed by atoms with van der Waals surface area (Å²) in [5.41, 5.74) is 0.0593. The van der Waals surface area contributed by atoms with Crippen molar-refractivity contribution in [1.82, 2.24) is 9.47 Å². The monoisotopic (exact) mass is 316 g/mol. The molecule has 0 N–H and O–H groups in total. The van der Waals surface area contributed by atoms with Crippen molar-refractivity contribution < 1.29 is 14.3 Å². The zero-order valence-corrected chi connectivity index (χ0v) is 14.6. The summed E-state index contributed by atoms with van der Waals surface area (Å²) in [4.78, 5) is 25.7. The zero-order valence-electron chi connectivity index (χ0n) is 14.6. The maximum atomic E-state index is 12.4. The van der Waals surface area contributed by atoms with Crippen molar-refractivity contribution in [2.45, 2.75) is 38.8 Å². The predicted molar refractivity (Wildman–Crippen MR) is 90.3 cm³/mol. The summed E-state index contributed by atoms with van der Waals surface area (Å²) in [6.07, 6.45) is 2.15. The highest BCUT2D eigenvalue weighted by atomic mass is 16.6. The molecular formula is C18H24N2O3. The van der Waals surface area contributed by atoms with Gasteiger partial charge in [-0.1, -0.05) is 18.2 Å². The SMILES string of the molecule is CN(C(=O)OC(C)(C)C)C(C)(C=O)c1cn(C)c2ccccc12. The fourth-order valence-electron chi connectivity index (χ4n) is 2.59. The second-order valence-electron chi connectivity index (χ2n) is 6.98. The standard InChI is InChI=1S/C18H24N2O3/c1-17(2,3)23-16(22)20(6)18(4,12-21)14-11-19(5)15-10-8-7-9-13(14)15/h7-12H,1-6H3. The lowest BCUT2D eigenvalue weighted by atomic mass is 9.92. The van der Waals surface area contributed by atoms with Crippen molar-refractivity contribution in [3.8, 4) is 0 Å². The summed E-state index contributed by atoms with van der Waals surface area (Å²) < 4.78 is 7.36. The average Bonchev–Trinajstić information content (AvgIpc) is 2.82. The molecule has 0 aliphatic rings. The van der Waals surface area contributed by atoms with Gasteiger partial charge in [-0.05, 0) is 33.8 Å². The molecule has 1 heterocycles. The fourth-order valence-corrected chi connectivity index (χ4v) is 2.59. The van der Waals surface area contributed by atoms with Crippen LogP contribution < -0.4 is 0 Å². The van der Waals surface area contributed by atoms with E-state index in [1.807, 2.05) is 42.1 Å². The number of carbonyl (C=O) groups excluding carboxylic acids is 2. The molecule has 0 radical (unpaired) electrons. The number of aldehydes is 1. The number of aromatic nitrogens is 1. The predicted octanol–water partition coefficient (Wildman–Crippen LogP) is 3.46. The highest BCUT2D eigenvalue weighted by Gasteiger charge is 2.38. The second-order valence-corrected chi connectivity index (χ2v) is 6.98. The number of likely N-dealkylation sites (N-methyl/N-ethyl adjacent to an activating group) is 1. The van der Waals surface area contributed by atoms with Crippen molar-refractivity contribution in [2.24, 2.45) is 7.05 Å². The van der Waals surface area contributed by atoms with Gasteiger partial charge in [-0.2, -0.15) is 0 Å². The first kappa shape index (κ1) is 17.1. The van der Waals surface area contributed by atoms with E-state index in [-0.39, 0.29) is 0 Å². The van der Waals surface area contributed by atoms with Crippen LogP contribution in [0.3, 0.4) is 0 Å². The summed E-state index contributed by atoms with van der Waals surface area (Å²) in [6.45, 7) is 7.13. The van der Waals surface area contributed by atoms with Crippen molar-refractivity contribution >= 4 is 23.3 Å². The molecule has 0 bridgehead atoms. The first-order valence-electron chi connectivity index (χ1n) is 7.58. The van der Waals surface area contributed by atoms with Crippen LogP contribution in [0.4, 0.5) is 4.79 Å². The number of benzene rings is 1. The van der Waals surface area contributed by atoms with Crippen molar-refractivity contribution in [2.75, 3.05) is 7.05 Å². The molecule has 0 spiro atoms. The first-order valence-corrected chi connectivity index (χ1v) is 7.58. The molecule has 23 heavy (non-hydrogen) atoms. The number of amides is 1. The number of ether oxygens (including phenoxy) is 1. The van der Waals surface area contributed by atoms with Crippen molar-refractivity contribution in [3.63, 3.8) is 0 Å². The summed E-state index contributed by atoms with van der Waals surface area (Å²) in [5.74, 6) is 0. The van der Waals surface area contributed by atoms with E-state index >= 15 is 0 Å². The quantitative estimate of drug-likeness (QED) is 0.815. The minimum atomic E-state index is -1.11. The van der Waals surface area contributed by atoms with Gasteiger partial charge in [0.25, 0.3) is 0 Å². The molecule has 5 nitrogen and oxygen atoms in total. The Balaban J connectivity index is 2.51. The molecule has 0 saturated heterocycles. The van der Waals surface area contributed by atoms with Crippen molar-refractivity contribution in [3.05, 3.63) is 36.0 Å². The molecule has 2 aromatic rings. The smallest absolute Gasteiger partial charge is 0.411 e. The Labute approximate surface area is 136 Å². The normalized spacial score (nSPS) is 14.3. The Bertz CT molecular complexity index is 742. The summed E-state index contributed by atoms with van der Waals surface area (Å²) in [6, 6.07) is 7.80. The summed E-state index contributed by atoms with van der Waals surface area (Å²) >= 11 is 0. The van der Waals surface area contributed by atoms with Crippen LogP contribution >= 0.6 is 0 Å². The molecule has 0 aliphatic heterocycles. The van der Waals surface area contributed by atoms with Crippen LogP contribution in [0.1, 0.15) is 33.3 Å². The van der Waals surface area contributed by atoms with Gasteiger partial charge >= 0.3 is 6.09 Å². The Kier molecular flexibility index (Phi) is 4.24. The maximum absolute atomic E-state index is 12.4. The van der Waals surface area contributed by atoms with E-state index in [2.05, 4.69) is 0 Å². The number of hydrogen-bond donors (Lipinski definition) is 0. The largest absolute Gasteiger partial charge is 0.444 e. The van der Waals surface area contributed by atoms with Gasteiger partial charge < -0.3 is 14.1 Å². The van der Waals surface area contributed by atoms with Crippen LogP contribution in [0.5, 0.6) is 0 Å². The number of nitrogens with zero attached hydrogens (tertiary/aromatic N) is 2. The Morgan fingerprint density at radius 2 is 1.83 bits per heavy atom. The lowest BCUT2D eigenvalue weighted by Crippen LogP contribution is -2.48. The average molecular weight is 316 g/mol. The van der Waals surface area contributed by atoms with Gasteiger partial charge in [-0.25, -0.2) is 4.79 Å². The van der Waals surface area contributed by atoms with Crippen LogP contribution in [-0.4, -0.2) is 34.5 Å². The minimum absolute atomic E-state index is 0.528. The number of fused-ring (bicyclic) bond motifs is 1. The topological polar surface area (TPSA) is 51.5 Å². The third-order valence-corrected chi connectivity index (χ3v) is 4.04. The van der Waals surface area contributed by atoms with E-state index in [1.54, 1.807) is 34.7 Å². The maximum Gasteiger partial charge on any atom is 0.411 e. The Morgan fingerprint density at radius 1 is 1.22 bits per heavy atom. The van der Waals surface area contributed by atoms with Crippen LogP contribution in [-0.2, 0) is 22.1 Å². The number of carbonyl (C=O) groups is 2. The van der Waals surface area contributed by atoms with Gasteiger partial charge in [0.1, 0.15) is 17.4 Å². The Hall–Kier alpha value is -2.30. The van der Waals surface area contributed by atoms with E-state index in [0.717, 1.165) is 22.8 Å². The van der Waals surface area contributed by atoms with E-state index in [1.165, 1.54) is 4.90 Å². The Morgan fingerprint density at radius 3 is 2.39 bits per heavy atom. The molecule has 1 aromatic carbocycles. The molecule has 5 heteroatoms. The van der Waals surface area contributed by atoms with Crippen LogP contribution in [0.15, 0.2) is 30.5 Å². The fraction of sp³-hybridized carbons (Fsp3) is 0.444. The van der Waals surface area contributed by atoms with E-state index in [9.17, 15) is 9.59 Å². The van der Waals surface area contributed by atoms with Gasteiger partial charge in [-0.15, -0.1) is 0 Å². The van der Waals surface area contributed by atoms with Crippen molar-refractivity contribution in [1.29, 1.82) is 0 Å². The second kappa shape index (κ2) is 5.72. The van der Waals surface area contributed by atoms with Crippen LogP contribution in [0.25, 0.3) is 10.9 Å². The molecule has 0 fully saturated rings. The molecule has 1 atom stereocenters. The molecule has 1 unspecified atom stereocenters. The van der Waals surface area contributed by atoms with E-state index in [0.29, 0.717) is 0 Å². The summed E-state index contributed by atoms with van der Waals surface area (Å²) in [7, 11) is 3.51. The lowest BCUT2D eigenvalue weighted by Gasteiger charge is -2.35. The van der Waals surface area contributed by atoms with Crippen LogP contribution in [0, 0.1) is 0 Å². The zero-order chi connectivity index (χ0) is 17.4. The molecule has 0 aliphatic carbocycles. The summed E-state index contributed by atoms with van der Waals surface area (Å²) in [5, 5.41) is 0.944. The van der Waals surface area contributed by atoms with Gasteiger partial charge in [0.2, 0.25) is 0 Å². The molecule has 1 aromatic heterocycles. The highest BCUT2D eigenvalue weighted by molar-refractivity contribution is 5.90. The molecule has 1 amide bonds. The van der Waals surface area contributed by atoms with E-state index < -0.39 is 17.2 Å². The lowest BCUT2D eigenvalue weighted by molar-refractivity contribution is -0.117. The highest BCUT2D eigenvalue weighted by Crippen LogP contribution is 2.33.